The second-order valence-electron chi connectivity index (χ2n) is 6.05. The first kappa shape index (κ1) is 20.1. The summed E-state index contributed by atoms with van der Waals surface area (Å²) in [6.45, 7) is 11.1. The molecule has 5 nitrogen and oxygen atoms in total. The van der Waals surface area contributed by atoms with Gasteiger partial charge in [-0.2, -0.15) is 0 Å². The fraction of sp³-hybridized carbons (Fsp3) is 0.632. The van der Waals surface area contributed by atoms with E-state index < -0.39 is 0 Å². The van der Waals surface area contributed by atoms with Crippen molar-refractivity contribution in [3.8, 4) is 0 Å². The Morgan fingerprint density at radius 2 is 1.08 bits per heavy atom. The summed E-state index contributed by atoms with van der Waals surface area (Å²) in [5.74, 6) is -0.0863. The summed E-state index contributed by atoms with van der Waals surface area (Å²) >= 11 is 0. The van der Waals surface area contributed by atoms with Crippen LogP contribution in [0, 0.1) is 0 Å². The Hall–Kier alpha value is -1.91. The first-order valence-electron chi connectivity index (χ1n) is 9.12. The second kappa shape index (κ2) is 10.8. The Morgan fingerprint density at radius 3 is 1.38 bits per heavy atom. The maximum absolute atomic E-state index is 12.7. The van der Waals surface area contributed by atoms with Crippen molar-refractivity contribution in [1.29, 1.82) is 0 Å². The normalized spacial score (nSPS) is 10.5. The summed E-state index contributed by atoms with van der Waals surface area (Å²) in [5, 5.41) is 0. The van der Waals surface area contributed by atoms with E-state index in [0.717, 1.165) is 51.9 Å². The van der Waals surface area contributed by atoms with E-state index in [9.17, 15) is 9.59 Å². The van der Waals surface area contributed by atoms with Crippen molar-refractivity contribution in [2.45, 2.75) is 53.4 Å². The van der Waals surface area contributed by atoms with Crippen molar-refractivity contribution < 1.29 is 9.59 Å². The van der Waals surface area contributed by atoms with Crippen molar-refractivity contribution in [3.63, 3.8) is 0 Å². The molecule has 2 amide bonds. The molecule has 0 N–H and O–H groups in total. The molecule has 134 valence electrons. The molecule has 0 saturated carbocycles. The number of hydrogen-bond donors (Lipinski definition) is 0. The van der Waals surface area contributed by atoms with Gasteiger partial charge in [0.2, 0.25) is 0 Å². The van der Waals surface area contributed by atoms with Crippen LogP contribution in [0.25, 0.3) is 0 Å². The van der Waals surface area contributed by atoms with Gasteiger partial charge in [-0.15, -0.1) is 0 Å². The molecule has 24 heavy (non-hydrogen) atoms. The Kier molecular flexibility index (Phi) is 9.05. The molecule has 0 spiro atoms. The van der Waals surface area contributed by atoms with E-state index in [1.54, 1.807) is 18.5 Å². The topological polar surface area (TPSA) is 53.5 Å². The van der Waals surface area contributed by atoms with Crippen LogP contribution in [0.1, 0.15) is 74.1 Å². The average molecular weight is 333 g/mol. The second-order valence-corrected chi connectivity index (χ2v) is 6.05. The highest BCUT2D eigenvalue weighted by Gasteiger charge is 2.19. The lowest BCUT2D eigenvalue weighted by Crippen LogP contribution is -2.34. The molecule has 0 atom stereocenters. The minimum Gasteiger partial charge on any atom is -0.339 e. The molecule has 1 aromatic heterocycles. The fourth-order valence-corrected chi connectivity index (χ4v) is 2.75. The minimum atomic E-state index is -0.0432. The zero-order valence-electron chi connectivity index (χ0n) is 15.5. The molecule has 0 aliphatic rings. The van der Waals surface area contributed by atoms with Gasteiger partial charge in [-0.3, -0.25) is 14.6 Å². The van der Waals surface area contributed by atoms with Gasteiger partial charge in [-0.05, 0) is 31.7 Å². The van der Waals surface area contributed by atoms with Crippen molar-refractivity contribution >= 4 is 11.8 Å². The van der Waals surface area contributed by atoms with E-state index in [2.05, 4.69) is 32.7 Å². The third-order valence-corrected chi connectivity index (χ3v) is 3.78. The van der Waals surface area contributed by atoms with Crippen LogP contribution in [0.2, 0.25) is 0 Å². The summed E-state index contributed by atoms with van der Waals surface area (Å²) in [4.78, 5) is 33.2. The highest BCUT2D eigenvalue weighted by atomic mass is 16.2. The molecular weight excluding hydrogens is 302 g/mol. The quantitative estimate of drug-likeness (QED) is 0.657. The van der Waals surface area contributed by atoms with Crippen LogP contribution in [0.5, 0.6) is 0 Å². The number of nitrogens with zero attached hydrogens (tertiary/aromatic N) is 3. The summed E-state index contributed by atoms with van der Waals surface area (Å²) in [7, 11) is 0. The Labute approximate surface area is 146 Å². The van der Waals surface area contributed by atoms with E-state index in [1.807, 2.05) is 9.80 Å². The maximum Gasteiger partial charge on any atom is 0.255 e. The van der Waals surface area contributed by atoms with Gasteiger partial charge in [0.05, 0.1) is 11.1 Å². The third kappa shape index (κ3) is 5.62. The molecule has 0 unspecified atom stereocenters. The number of pyridine rings is 1. The zero-order valence-corrected chi connectivity index (χ0v) is 15.5. The van der Waals surface area contributed by atoms with Crippen LogP contribution in [0.4, 0.5) is 0 Å². The first-order chi connectivity index (χ1) is 11.6. The Balaban J connectivity index is 2.99. The molecule has 0 radical (unpaired) electrons. The first-order valence-corrected chi connectivity index (χ1v) is 9.12. The molecule has 0 bridgehead atoms. The molecular formula is C19H31N3O2. The van der Waals surface area contributed by atoms with Gasteiger partial charge >= 0.3 is 0 Å². The maximum atomic E-state index is 12.7. The summed E-state index contributed by atoms with van der Waals surface area (Å²) in [6.07, 6.45) is 6.77. The van der Waals surface area contributed by atoms with E-state index in [0.29, 0.717) is 11.1 Å². The molecule has 0 aromatic carbocycles. The van der Waals surface area contributed by atoms with Gasteiger partial charge in [-0.1, -0.05) is 27.7 Å². The Morgan fingerprint density at radius 1 is 0.750 bits per heavy atom. The predicted molar refractivity (Wildman–Crippen MR) is 97.2 cm³/mol. The van der Waals surface area contributed by atoms with Gasteiger partial charge in [0, 0.05) is 38.6 Å². The molecule has 0 aliphatic carbocycles. The Bertz CT molecular complexity index is 476. The highest BCUT2D eigenvalue weighted by molar-refractivity contribution is 5.99. The lowest BCUT2D eigenvalue weighted by molar-refractivity contribution is 0.0753. The van der Waals surface area contributed by atoms with Crippen molar-refractivity contribution in [3.05, 3.63) is 29.6 Å². The molecule has 0 fully saturated rings. The minimum absolute atomic E-state index is 0.0432. The van der Waals surface area contributed by atoms with Gasteiger partial charge in [0.15, 0.2) is 0 Å². The van der Waals surface area contributed by atoms with E-state index in [4.69, 9.17) is 0 Å². The lowest BCUT2D eigenvalue weighted by atomic mass is 10.1. The standard InChI is InChI=1S/C19H31N3O2/c1-5-9-21(10-6-2)18(23)16-13-17(15-20-14-16)19(24)22(11-7-3)12-8-4/h13-15H,5-12H2,1-4H3. The van der Waals surface area contributed by atoms with Crippen LogP contribution >= 0.6 is 0 Å². The number of aromatic nitrogens is 1. The van der Waals surface area contributed by atoms with Crippen LogP contribution in [-0.2, 0) is 0 Å². The molecule has 1 aromatic rings. The van der Waals surface area contributed by atoms with Gasteiger partial charge < -0.3 is 9.80 Å². The molecule has 1 rings (SSSR count). The zero-order chi connectivity index (χ0) is 17.9. The molecule has 1 heterocycles. The number of carbonyl (C=O) groups is 2. The summed E-state index contributed by atoms with van der Waals surface area (Å²) in [6, 6.07) is 1.69. The van der Waals surface area contributed by atoms with Crippen molar-refractivity contribution in [2.24, 2.45) is 0 Å². The SMILES string of the molecule is CCCN(CCC)C(=O)c1cncc(C(=O)N(CCC)CCC)c1. The monoisotopic (exact) mass is 333 g/mol. The summed E-state index contributed by atoms with van der Waals surface area (Å²) < 4.78 is 0. The van der Waals surface area contributed by atoms with E-state index in [-0.39, 0.29) is 11.8 Å². The van der Waals surface area contributed by atoms with Crippen LogP contribution in [-0.4, -0.2) is 52.8 Å². The smallest absolute Gasteiger partial charge is 0.255 e. The van der Waals surface area contributed by atoms with Crippen LogP contribution in [0.3, 0.4) is 0 Å². The fourth-order valence-electron chi connectivity index (χ4n) is 2.75. The summed E-state index contributed by atoms with van der Waals surface area (Å²) in [5.41, 5.74) is 0.992. The van der Waals surface area contributed by atoms with Crippen molar-refractivity contribution in [2.75, 3.05) is 26.2 Å². The number of carbonyl (C=O) groups excluding carboxylic acids is 2. The van der Waals surface area contributed by atoms with Gasteiger partial charge in [0.1, 0.15) is 0 Å². The van der Waals surface area contributed by atoms with Crippen LogP contribution in [0.15, 0.2) is 18.5 Å². The van der Waals surface area contributed by atoms with E-state index >= 15 is 0 Å². The number of amides is 2. The third-order valence-electron chi connectivity index (χ3n) is 3.78. The lowest BCUT2D eigenvalue weighted by Gasteiger charge is -2.23. The molecule has 0 aliphatic heterocycles. The van der Waals surface area contributed by atoms with Crippen molar-refractivity contribution in [1.82, 2.24) is 14.8 Å². The average Bonchev–Trinajstić information content (AvgIpc) is 2.60. The van der Waals surface area contributed by atoms with Gasteiger partial charge in [0.25, 0.3) is 11.8 Å². The number of rotatable bonds is 10. The van der Waals surface area contributed by atoms with Gasteiger partial charge in [-0.25, -0.2) is 0 Å². The highest BCUT2D eigenvalue weighted by Crippen LogP contribution is 2.11. The van der Waals surface area contributed by atoms with Crippen LogP contribution < -0.4 is 0 Å². The predicted octanol–water partition coefficient (Wildman–Crippen LogP) is 3.61. The molecule has 5 heteroatoms. The number of hydrogen-bond acceptors (Lipinski definition) is 3. The largest absolute Gasteiger partial charge is 0.339 e. The molecule has 0 saturated heterocycles. The van der Waals surface area contributed by atoms with E-state index in [1.165, 1.54) is 0 Å².